The van der Waals surface area contributed by atoms with Gasteiger partial charge in [-0.15, -0.1) is 0 Å². The van der Waals surface area contributed by atoms with Crippen molar-refractivity contribution in [2.75, 3.05) is 16.4 Å². The van der Waals surface area contributed by atoms with Gasteiger partial charge in [0.15, 0.2) is 0 Å². The molecule has 2 amide bonds. The standard InChI is InChI=1S/C28H26N4O3S/c1-17-11-12-21(14-18(17)2)31-24(33)16-36-28-22(15-29)26(23-10-7-13-35-23)25(19(3)30-28)27(34)32-20-8-5-4-6-9-20/h4-14,22,26H,16H2,1-3H3,(H,31,33)(H,32,34)/t22?,26-/m1/s1. The number of carbonyl (C=O) groups is 2. The summed E-state index contributed by atoms with van der Waals surface area (Å²) < 4.78 is 5.65. The quantitative estimate of drug-likeness (QED) is 0.445. The van der Waals surface area contributed by atoms with Crippen molar-refractivity contribution in [2.45, 2.75) is 26.7 Å². The molecule has 1 aromatic heterocycles. The molecule has 1 aliphatic rings. The number of thioether (sulfide) groups is 1. The molecular weight excluding hydrogens is 472 g/mol. The molecule has 0 spiro atoms. The van der Waals surface area contributed by atoms with Crippen molar-refractivity contribution >= 4 is 40.0 Å². The molecule has 1 unspecified atom stereocenters. The van der Waals surface area contributed by atoms with E-state index < -0.39 is 11.8 Å². The van der Waals surface area contributed by atoms with Gasteiger partial charge in [-0.1, -0.05) is 36.0 Å². The molecule has 2 atom stereocenters. The summed E-state index contributed by atoms with van der Waals surface area (Å²) >= 11 is 1.20. The summed E-state index contributed by atoms with van der Waals surface area (Å²) in [5, 5.41) is 16.4. The van der Waals surface area contributed by atoms with Crippen molar-refractivity contribution in [2.24, 2.45) is 10.9 Å². The maximum Gasteiger partial charge on any atom is 0.254 e. The van der Waals surface area contributed by atoms with Crippen LogP contribution >= 0.6 is 11.8 Å². The van der Waals surface area contributed by atoms with Crippen molar-refractivity contribution in [1.29, 1.82) is 5.26 Å². The Morgan fingerprint density at radius 3 is 2.44 bits per heavy atom. The lowest BCUT2D eigenvalue weighted by molar-refractivity contribution is -0.114. The number of furan rings is 1. The summed E-state index contributed by atoms with van der Waals surface area (Å²) in [6, 6.07) is 20.6. The number of benzene rings is 2. The Balaban J connectivity index is 1.58. The van der Waals surface area contributed by atoms with Gasteiger partial charge in [-0.2, -0.15) is 5.26 Å². The average Bonchev–Trinajstić information content (AvgIpc) is 3.40. The van der Waals surface area contributed by atoms with E-state index in [-0.39, 0.29) is 17.6 Å². The van der Waals surface area contributed by atoms with E-state index in [4.69, 9.17) is 4.42 Å². The molecule has 3 aromatic rings. The van der Waals surface area contributed by atoms with Crippen LogP contribution in [0.4, 0.5) is 11.4 Å². The van der Waals surface area contributed by atoms with Gasteiger partial charge >= 0.3 is 0 Å². The topological polar surface area (TPSA) is 107 Å². The summed E-state index contributed by atoms with van der Waals surface area (Å²) in [4.78, 5) is 30.6. The van der Waals surface area contributed by atoms with Gasteiger partial charge in [0, 0.05) is 17.1 Å². The van der Waals surface area contributed by atoms with E-state index in [0.717, 1.165) is 16.8 Å². The maximum absolute atomic E-state index is 13.3. The third kappa shape index (κ3) is 5.58. The minimum Gasteiger partial charge on any atom is -0.469 e. The number of allylic oxidation sites excluding steroid dienone is 1. The molecule has 8 heteroatoms. The number of hydrogen-bond donors (Lipinski definition) is 2. The van der Waals surface area contributed by atoms with Gasteiger partial charge in [0.25, 0.3) is 5.91 Å². The van der Waals surface area contributed by atoms with Crippen LogP contribution in [0, 0.1) is 31.1 Å². The Kier molecular flexibility index (Phi) is 7.71. The van der Waals surface area contributed by atoms with E-state index in [0.29, 0.717) is 27.8 Å². The number of nitrogens with zero attached hydrogens (tertiary/aromatic N) is 2. The second kappa shape index (κ2) is 11.1. The van der Waals surface area contributed by atoms with Gasteiger partial charge in [0.2, 0.25) is 5.91 Å². The molecule has 2 heterocycles. The average molecular weight is 499 g/mol. The molecule has 0 saturated carbocycles. The molecule has 0 saturated heterocycles. The molecule has 0 fully saturated rings. The lowest BCUT2D eigenvalue weighted by atomic mass is 9.81. The molecule has 0 bridgehead atoms. The van der Waals surface area contributed by atoms with Crippen LogP contribution in [0.2, 0.25) is 0 Å². The molecule has 1 aliphatic heterocycles. The number of amides is 2. The number of nitrogens with one attached hydrogen (secondary N) is 2. The van der Waals surface area contributed by atoms with E-state index in [9.17, 15) is 14.9 Å². The third-order valence-corrected chi connectivity index (χ3v) is 7.03. The molecule has 0 radical (unpaired) electrons. The highest BCUT2D eigenvalue weighted by atomic mass is 32.2. The number of anilines is 2. The van der Waals surface area contributed by atoms with Crippen LogP contribution < -0.4 is 10.6 Å². The van der Waals surface area contributed by atoms with Gasteiger partial charge in [0.05, 0.1) is 34.6 Å². The predicted octanol–water partition coefficient (Wildman–Crippen LogP) is 5.82. The van der Waals surface area contributed by atoms with Crippen LogP contribution in [0.25, 0.3) is 0 Å². The van der Waals surface area contributed by atoms with E-state index in [2.05, 4.69) is 21.7 Å². The van der Waals surface area contributed by atoms with Crippen LogP contribution in [-0.4, -0.2) is 22.6 Å². The van der Waals surface area contributed by atoms with E-state index in [1.807, 2.05) is 50.2 Å². The molecule has 2 aromatic carbocycles. The molecule has 7 nitrogen and oxygen atoms in total. The zero-order valence-corrected chi connectivity index (χ0v) is 21.1. The van der Waals surface area contributed by atoms with Crippen molar-refractivity contribution in [1.82, 2.24) is 0 Å². The van der Waals surface area contributed by atoms with Crippen molar-refractivity contribution in [3.8, 4) is 6.07 Å². The Bertz CT molecular complexity index is 1370. The Hall–Kier alpha value is -4.09. The van der Waals surface area contributed by atoms with Crippen LogP contribution in [0.5, 0.6) is 0 Å². The van der Waals surface area contributed by atoms with Crippen LogP contribution in [0.15, 0.2) is 87.6 Å². The zero-order chi connectivity index (χ0) is 25.7. The number of aliphatic imine (C=N–C) groups is 1. The van der Waals surface area contributed by atoms with Crippen LogP contribution in [-0.2, 0) is 9.59 Å². The summed E-state index contributed by atoms with van der Waals surface area (Å²) in [5.74, 6) is -1.42. The van der Waals surface area contributed by atoms with Gasteiger partial charge in [-0.3, -0.25) is 9.59 Å². The van der Waals surface area contributed by atoms with Gasteiger partial charge < -0.3 is 15.1 Å². The fourth-order valence-electron chi connectivity index (χ4n) is 4.04. The monoisotopic (exact) mass is 498 g/mol. The molecule has 36 heavy (non-hydrogen) atoms. The Morgan fingerprint density at radius 1 is 1.00 bits per heavy atom. The van der Waals surface area contributed by atoms with Gasteiger partial charge in [-0.25, -0.2) is 4.99 Å². The third-order valence-electron chi connectivity index (χ3n) is 5.98. The normalized spacial score (nSPS) is 17.2. The minimum atomic E-state index is -0.782. The second-order valence-corrected chi connectivity index (χ2v) is 9.50. The first-order chi connectivity index (χ1) is 17.4. The first-order valence-corrected chi connectivity index (χ1v) is 12.4. The van der Waals surface area contributed by atoms with Crippen molar-refractivity contribution < 1.29 is 14.0 Å². The van der Waals surface area contributed by atoms with Gasteiger partial charge in [-0.05, 0) is 68.3 Å². The highest BCUT2D eigenvalue weighted by Gasteiger charge is 2.40. The number of carbonyl (C=O) groups excluding carboxylic acids is 2. The van der Waals surface area contributed by atoms with Crippen LogP contribution in [0.1, 0.15) is 29.7 Å². The molecule has 2 N–H and O–H groups in total. The van der Waals surface area contributed by atoms with Crippen molar-refractivity contribution in [3.63, 3.8) is 0 Å². The minimum absolute atomic E-state index is 0.0770. The van der Waals surface area contributed by atoms with E-state index in [1.165, 1.54) is 18.0 Å². The van der Waals surface area contributed by atoms with Crippen LogP contribution in [0.3, 0.4) is 0 Å². The number of rotatable bonds is 6. The highest BCUT2D eigenvalue weighted by Crippen LogP contribution is 2.41. The summed E-state index contributed by atoms with van der Waals surface area (Å²) in [6.07, 6.45) is 1.52. The smallest absolute Gasteiger partial charge is 0.254 e. The number of nitriles is 1. The predicted molar refractivity (Wildman–Crippen MR) is 143 cm³/mol. The number of para-hydroxylation sites is 1. The maximum atomic E-state index is 13.3. The largest absolute Gasteiger partial charge is 0.469 e. The summed E-state index contributed by atoms with van der Waals surface area (Å²) in [5.41, 5.74) is 4.44. The summed E-state index contributed by atoms with van der Waals surface area (Å²) in [7, 11) is 0. The molecule has 182 valence electrons. The molecule has 4 rings (SSSR count). The lowest BCUT2D eigenvalue weighted by Crippen LogP contribution is -2.31. The second-order valence-electron chi connectivity index (χ2n) is 8.51. The SMILES string of the molecule is CC1=C(C(=O)Nc2ccccc2)[C@@H](c2ccco2)C(C#N)C(SCC(=O)Nc2ccc(C)c(C)c2)=N1. The van der Waals surface area contributed by atoms with E-state index >= 15 is 0 Å². The lowest BCUT2D eigenvalue weighted by Gasteiger charge is -2.28. The van der Waals surface area contributed by atoms with E-state index in [1.54, 1.807) is 31.2 Å². The fraction of sp³-hybridized carbons (Fsp3) is 0.214. The van der Waals surface area contributed by atoms with Crippen molar-refractivity contribution in [3.05, 3.63) is 95.1 Å². The Morgan fingerprint density at radius 2 is 1.78 bits per heavy atom. The Labute approximate surface area is 214 Å². The first kappa shape index (κ1) is 25.0. The summed E-state index contributed by atoms with van der Waals surface area (Å²) in [6.45, 7) is 5.74. The molecule has 0 aliphatic carbocycles. The number of hydrogen-bond acceptors (Lipinski definition) is 6. The fourth-order valence-corrected chi connectivity index (χ4v) is 4.96. The first-order valence-electron chi connectivity index (χ1n) is 11.5. The number of aryl methyl sites for hydroxylation is 2. The van der Waals surface area contributed by atoms with Gasteiger partial charge in [0.1, 0.15) is 11.7 Å². The highest BCUT2D eigenvalue weighted by molar-refractivity contribution is 8.14. The zero-order valence-electron chi connectivity index (χ0n) is 20.2. The molecular formula is C28H26N4O3S.